The van der Waals surface area contributed by atoms with Gasteiger partial charge in [0.05, 0.1) is 30.5 Å². The zero-order valence-corrected chi connectivity index (χ0v) is 20.8. The molecule has 0 aliphatic carbocycles. The van der Waals surface area contributed by atoms with Crippen LogP contribution in [0.1, 0.15) is 31.2 Å². The van der Waals surface area contributed by atoms with E-state index in [9.17, 15) is 14.4 Å². The highest BCUT2D eigenvalue weighted by atomic mass is 35.5. The molecule has 8 heteroatoms. The lowest BCUT2D eigenvalue weighted by atomic mass is 10.0. The molecule has 3 aromatic carbocycles. The smallest absolute Gasteiger partial charge is 0.306 e. The Morgan fingerprint density at radius 2 is 1.78 bits per heavy atom. The summed E-state index contributed by atoms with van der Waals surface area (Å²) < 4.78 is 6.46. The molecule has 36 heavy (non-hydrogen) atoms. The van der Waals surface area contributed by atoms with Gasteiger partial charge in [0.25, 0.3) is 5.56 Å². The first-order valence-corrected chi connectivity index (χ1v) is 12.0. The first-order valence-electron chi connectivity index (χ1n) is 11.7. The Labute approximate surface area is 213 Å². The third-order valence-corrected chi connectivity index (χ3v) is 6.10. The largest absolute Gasteiger partial charge is 0.466 e. The maximum atomic E-state index is 13.3. The van der Waals surface area contributed by atoms with Crippen LogP contribution in [-0.4, -0.2) is 28.0 Å². The van der Waals surface area contributed by atoms with Gasteiger partial charge in [-0.25, -0.2) is 4.98 Å². The summed E-state index contributed by atoms with van der Waals surface area (Å²) in [5.41, 5.74) is 3.70. The molecule has 0 aliphatic rings. The van der Waals surface area contributed by atoms with Crippen molar-refractivity contribution in [3.05, 3.63) is 93.5 Å². The molecule has 0 bridgehead atoms. The fraction of sp³-hybridized carbons (Fsp3) is 0.214. The zero-order chi connectivity index (χ0) is 25.7. The van der Waals surface area contributed by atoms with Crippen LogP contribution in [0.15, 0.2) is 71.5 Å². The van der Waals surface area contributed by atoms with Crippen molar-refractivity contribution in [3.63, 3.8) is 0 Å². The molecule has 4 aromatic rings. The van der Waals surface area contributed by atoms with E-state index in [1.165, 1.54) is 0 Å². The molecule has 184 valence electrons. The van der Waals surface area contributed by atoms with E-state index >= 15 is 0 Å². The van der Waals surface area contributed by atoms with Crippen LogP contribution in [0.3, 0.4) is 0 Å². The minimum absolute atomic E-state index is 0.00254. The van der Waals surface area contributed by atoms with Crippen molar-refractivity contribution < 1.29 is 14.3 Å². The normalized spacial score (nSPS) is 10.9. The molecule has 0 radical (unpaired) electrons. The highest BCUT2D eigenvalue weighted by Crippen LogP contribution is 2.27. The summed E-state index contributed by atoms with van der Waals surface area (Å²) >= 11 is 6.31. The molecule has 0 aliphatic heterocycles. The minimum atomic E-state index is -0.423. The van der Waals surface area contributed by atoms with Gasteiger partial charge in [-0.2, -0.15) is 0 Å². The highest BCUT2D eigenvalue weighted by molar-refractivity contribution is 6.33. The molecular weight excluding hydrogens is 478 g/mol. The first kappa shape index (κ1) is 25.1. The first-order chi connectivity index (χ1) is 17.4. The van der Waals surface area contributed by atoms with Gasteiger partial charge in [0.15, 0.2) is 0 Å². The van der Waals surface area contributed by atoms with Crippen LogP contribution in [0, 0.1) is 6.92 Å². The highest BCUT2D eigenvalue weighted by Gasteiger charge is 2.12. The summed E-state index contributed by atoms with van der Waals surface area (Å²) in [5.74, 6) is -0.163. The number of amides is 1. The Hall–Kier alpha value is -3.97. The lowest BCUT2D eigenvalue weighted by molar-refractivity contribution is -0.144. The minimum Gasteiger partial charge on any atom is -0.466 e. The lowest BCUT2D eigenvalue weighted by Gasteiger charge is -2.13. The Balaban J connectivity index is 1.54. The molecule has 0 saturated heterocycles. The van der Waals surface area contributed by atoms with Crippen LogP contribution in [0.2, 0.25) is 5.02 Å². The quantitative estimate of drug-likeness (QED) is 0.327. The molecule has 1 aromatic heterocycles. The second-order valence-corrected chi connectivity index (χ2v) is 8.72. The van der Waals surface area contributed by atoms with Gasteiger partial charge < -0.3 is 10.1 Å². The third kappa shape index (κ3) is 5.80. The molecule has 0 unspecified atom stereocenters. The monoisotopic (exact) mass is 503 g/mol. The van der Waals surface area contributed by atoms with Gasteiger partial charge >= 0.3 is 5.97 Å². The molecule has 1 amide bonds. The summed E-state index contributed by atoms with van der Waals surface area (Å²) in [6, 6.07) is 20.6. The number of anilines is 1. The molecule has 1 N–H and O–H groups in total. The standard InChI is InChI=1S/C28H26ClN3O4/c1-3-36-27(34)15-14-26(33)31-21-12-13-25-23(16-21)28(35)32(18(2)30-25)17-19-8-10-20(11-9-19)22-6-4-5-7-24(22)29/h4-13,16H,3,14-15,17H2,1-2H3,(H,31,33). The average molecular weight is 504 g/mol. The number of hydrogen-bond acceptors (Lipinski definition) is 5. The summed E-state index contributed by atoms with van der Waals surface area (Å²) in [4.78, 5) is 41.6. The summed E-state index contributed by atoms with van der Waals surface area (Å²) in [6.07, 6.45) is -0.00643. The van der Waals surface area contributed by atoms with Gasteiger partial charge in [-0.1, -0.05) is 54.1 Å². The Morgan fingerprint density at radius 3 is 2.50 bits per heavy atom. The van der Waals surface area contributed by atoms with Crippen LogP contribution in [0.4, 0.5) is 5.69 Å². The molecule has 4 rings (SSSR count). The number of esters is 1. The molecular formula is C28H26ClN3O4. The van der Waals surface area contributed by atoms with E-state index in [-0.39, 0.29) is 30.9 Å². The van der Waals surface area contributed by atoms with Gasteiger partial charge in [0.1, 0.15) is 5.82 Å². The Kier molecular flexibility index (Phi) is 7.80. The summed E-state index contributed by atoms with van der Waals surface area (Å²) in [7, 11) is 0. The maximum absolute atomic E-state index is 13.3. The Bertz CT molecular complexity index is 1480. The number of carbonyl (C=O) groups is 2. The van der Waals surface area contributed by atoms with Crippen molar-refractivity contribution in [2.45, 2.75) is 33.2 Å². The molecule has 0 fully saturated rings. The van der Waals surface area contributed by atoms with Gasteiger partial charge in [0, 0.05) is 22.7 Å². The molecule has 0 saturated carbocycles. The topological polar surface area (TPSA) is 90.3 Å². The van der Waals surface area contributed by atoms with Gasteiger partial charge in [-0.15, -0.1) is 0 Å². The molecule has 0 spiro atoms. The van der Waals surface area contributed by atoms with Crippen LogP contribution in [-0.2, 0) is 20.9 Å². The van der Waals surface area contributed by atoms with Crippen LogP contribution in [0.5, 0.6) is 0 Å². The zero-order valence-electron chi connectivity index (χ0n) is 20.1. The predicted molar refractivity (Wildman–Crippen MR) is 141 cm³/mol. The second kappa shape index (κ2) is 11.2. The van der Waals surface area contributed by atoms with E-state index in [0.717, 1.165) is 16.7 Å². The van der Waals surface area contributed by atoms with Gasteiger partial charge in [-0.05, 0) is 49.2 Å². The number of halogens is 1. The van der Waals surface area contributed by atoms with Crippen molar-refractivity contribution in [1.82, 2.24) is 9.55 Å². The fourth-order valence-electron chi connectivity index (χ4n) is 3.94. The van der Waals surface area contributed by atoms with Gasteiger partial charge in [-0.3, -0.25) is 19.0 Å². The molecule has 0 atom stereocenters. The van der Waals surface area contributed by atoms with Crippen LogP contribution >= 0.6 is 11.6 Å². The Morgan fingerprint density at radius 1 is 1.03 bits per heavy atom. The van der Waals surface area contributed by atoms with Crippen molar-refractivity contribution in [2.75, 3.05) is 11.9 Å². The maximum Gasteiger partial charge on any atom is 0.306 e. The number of aromatic nitrogens is 2. The number of carbonyl (C=O) groups excluding carboxylic acids is 2. The number of aryl methyl sites for hydroxylation is 1. The van der Waals surface area contributed by atoms with Crippen LogP contribution < -0.4 is 10.9 Å². The van der Waals surface area contributed by atoms with Crippen molar-refractivity contribution in [1.29, 1.82) is 0 Å². The number of rotatable bonds is 8. The number of ether oxygens (including phenoxy) is 1. The van der Waals surface area contributed by atoms with Gasteiger partial charge in [0.2, 0.25) is 5.91 Å². The van der Waals surface area contributed by atoms with Crippen LogP contribution in [0.25, 0.3) is 22.0 Å². The van der Waals surface area contributed by atoms with Crippen molar-refractivity contribution >= 4 is 40.1 Å². The number of hydrogen-bond donors (Lipinski definition) is 1. The molecule has 1 heterocycles. The number of fused-ring (bicyclic) bond motifs is 1. The summed E-state index contributed by atoms with van der Waals surface area (Å²) in [6.45, 7) is 4.14. The lowest BCUT2D eigenvalue weighted by Crippen LogP contribution is -2.24. The molecule has 7 nitrogen and oxygen atoms in total. The fourth-order valence-corrected chi connectivity index (χ4v) is 4.18. The third-order valence-electron chi connectivity index (χ3n) is 5.77. The van der Waals surface area contributed by atoms with Crippen molar-refractivity contribution in [2.24, 2.45) is 0 Å². The number of nitrogens with one attached hydrogen (secondary N) is 1. The number of benzene rings is 3. The predicted octanol–water partition coefficient (Wildman–Crippen LogP) is 5.36. The average Bonchev–Trinajstić information content (AvgIpc) is 2.87. The summed E-state index contributed by atoms with van der Waals surface area (Å²) in [5, 5.41) is 3.82. The second-order valence-electron chi connectivity index (χ2n) is 8.31. The van der Waals surface area contributed by atoms with E-state index in [0.29, 0.717) is 34.0 Å². The number of nitrogens with zero attached hydrogens (tertiary/aromatic N) is 2. The van der Waals surface area contributed by atoms with E-state index in [4.69, 9.17) is 16.3 Å². The van der Waals surface area contributed by atoms with E-state index in [1.54, 1.807) is 36.6 Å². The SMILES string of the molecule is CCOC(=O)CCC(=O)Nc1ccc2nc(C)n(Cc3ccc(-c4ccccc4Cl)cc3)c(=O)c2c1. The van der Waals surface area contributed by atoms with E-state index in [1.807, 2.05) is 48.5 Å². The van der Waals surface area contributed by atoms with E-state index < -0.39 is 5.97 Å². The van der Waals surface area contributed by atoms with Crippen molar-refractivity contribution in [3.8, 4) is 11.1 Å². The van der Waals surface area contributed by atoms with E-state index in [2.05, 4.69) is 10.3 Å².